The first kappa shape index (κ1) is 27.6. The monoisotopic (exact) mass is 548 g/mol. The molecule has 12 nitrogen and oxygen atoms in total. The molecule has 1 aliphatic rings. The van der Waals surface area contributed by atoms with Gasteiger partial charge in [0.25, 0.3) is 0 Å². The largest absolute Gasteiger partial charge is 0.462 e. The maximum Gasteiger partial charge on any atom is 0.459 e. The number of aliphatic hydroxyl groups excluding tert-OH is 1. The van der Waals surface area contributed by atoms with Gasteiger partial charge in [0.15, 0.2) is 17.6 Å². The number of rotatable bonds is 10. The molecule has 0 saturated heterocycles. The van der Waals surface area contributed by atoms with E-state index < -0.39 is 56.7 Å². The zero-order chi connectivity index (χ0) is 27.6. The molecule has 0 aliphatic heterocycles. The minimum atomic E-state index is -4.23. The summed E-state index contributed by atoms with van der Waals surface area (Å²) in [6, 6.07) is 6.10. The van der Waals surface area contributed by atoms with Crippen LogP contribution in [0.3, 0.4) is 0 Å². The highest BCUT2D eigenvalue weighted by Gasteiger charge is 2.48. The van der Waals surface area contributed by atoms with Crippen LogP contribution in [0.25, 0.3) is 11.2 Å². The molecule has 1 saturated carbocycles. The minimum Gasteiger partial charge on any atom is -0.462 e. The van der Waals surface area contributed by atoms with Gasteiger partial charge in [0.05, 0.1) is 31.2 Å². The fourth-order valence-electron chi connectivity index (χ4n) is 4.18. The molecule has 1 aliphatic carbocycles. The van der Waals surface area contributed by atoms with Crippen molar-refractivity contribution in [3.63, 3.8) is 0 Å². The average molecular weight is 549 g/mol. The molecule has 204 valence electrons. The molecule has 4 rings (SSSR count). The summed E-state index contributed by atoms with van der Waals surface area (Å²) >= 11 is 0. The number of nitrogens with one attached hydrogen (secondary N) is 1. The van der Waals surface area contributed by atoms with Gasteiger partial charge < -0.3 is 24.7 Å². The highest BCUT2D eigenvalue weighted by atomic mass is 31.2. The van der Waals surface area contributed by atoms with Gasteiger partial charge in [-0.25, -0.2) is 23.9 Å². The first-order valence-electron chi connectivity index (χ1n) is 11.9. The number of fused-ring (bicyclic) bond motifs is 1. The Kier molecular flexibility index (Phi) is 8.12. The number of anilines is 1. The summed E-state index contributed by atoms with van der Waals surface area (Å²) in [5.41, 5.74) is 6.67. The lowest BCUT2D eigenvalue weighted by Crippen LogP contribution is -2.37. The molecule has 0 spiro atoms. The van der Waals surface area contributed by atoms with Crippen LogP contribution in [-0.2, 0) is 18.6 Å². The van der Waals surface area contributed by atoms with E-state index in [4.69, 9.17) is 19.5 Å². The molecule has 2 heterocycles. The Balaban J connectivity index is 1.55. The molecule has 4 N–H and O–H groups in total. The van der Waals surface area contributed by atoms with Gasteiger partial charge >= 0.3 is 13.7 Å². The lowest BCUT2D eigenvalue weighted by atomic mass is 10.0. The van der Waals surface area contributed by atoms with Gasteiger partial charge in [-0.2, -0.15) is 5.09 Å². The number of imidazole rings is 1. The van der Waals surface area contributed by atoms with Crippen molar-refractivity contribution >= 4 is 30.7 Å². The molecule has 0 bridgehead atoms. The summed E-state index contributed by atoms with van der Waals surface area (Å²) < 4.78 is 47.0. The standard InChI is InChI=1S/C24H30FN6O6P/c1-13(2)36-24(33)15(4)30-38(34,37-16-8-6-5-7-9-16)35-10-17-14(3)20(18(25)21(17)32)31-12-29-19-22(26)27-11-28-23(19)31/h5-9,11-13,15,17-18,20-21,32H,3,10H2,1-2,4H3,(H,30,34)(H2,26,27,28)/t15-,17-,18?,20+,21?,38?/m0/s1. The predicted octanol–water partition coefficient (Wildman–Crippen LogP) is 2.97. The number of carbonyl (C=O) groups is 1. The van der Waals surface area contributed by atoms with Gasteiger partial charge in [-0.05, 0) is 38.5 Å². The van der Waals surface area contributed by atoms with E-state index in [1.54, 1.807) is 44.2 Å². The van der Waals surface area contributed by atoms with Gasteiger partial charge in [0, 0.05) is 5.92 Å². The number of halogens is 1. The fourth-order valence-corrected chi connectivity index (χ4v) is 5.69. The number of ether oxygens (including phenoxy) is 1. The number of benzene rings is 1. The maximum atomic E-state index is 15.4. The van der Waals surface area contributed by atoms with Crippen molar-refractivity contribution in [2.24, 2.45) is 5.92 Å². The van der Waals surface area contributed by atoms with Crippen LogP contribution >= 0.6 is 7.75 Å². The van der Waals surface area contributed by atoms with E-state index in [-0.39, 0.29) is 28.3 Å². The molecule has 0 radical (unpaired) electrons. The number of hydrogen-bond acceptors (Lipinski definition) is 10. The summed E-state index contributed by atoms with van der Waals surface area (Å²) in [6.07, 6.45) is -1.16. The zero-order valence-electron chi connectivity index (χ0n) is 21.1. The summed E-state index contributed by atoms with van der Waals surface area (Å²) in [6.45, 7) is 8.37. The van der Waals surface area contributed by atoms with E-state index in [0.717, 1.165) is 0 Å². The van der Waals surface area contributed by atoms with E-state index in [9.17, 15) is 14.5 Å². The zero-order valence-corrected chi connectivity index (χ0v) is 22.0. The Bertz CT molecular complexity index is 1350. The second kappa shape index (κ2) is 11.2. The van der Waals surface area contributed by atoms with Crippen LogP contribution in [0.4, 0.5) is 10.2 Å². The molecule has 1 fully saturated rings. The number of aromatic nitrogens is 4. The number of carbonyl (C=O) groups excluding carboxylic acids is 1. The first-order chi connectivity index (χ1) is 18.0. The number of aliphatic hydroxyl groups is 1. The van der Waals surface area contributed by atoms with E-state index in [2.05, 4.69) is 26.6 Å². The molecular weight excluding hydrogens is 518 g/mol. The van der Waals surface area contributed by atoms with Gasteiger partial charge in [0.2, 0.25) is 0 Å². The first-order valence-corrected chi connectivity index (χ1v) is 13.5. The molecule has 14 heteroatoms. The highest BCUT2D eigenvalue weighted by molar-refractivity contribution is 7.52. The lowest BCUT2D eigenvalue weighted by molar-refractivity contribution is -0.149. The topological polar surface area (TPSA) is 164 Å². The van der Waals surface area contributed by atoms with Crippen LogP contribution in [0.2, 0.25) is 0 Å². The summed E-state index contributed by atoms with van der Waals surface area (Å²) in [4.78, 5) is 24.5. The third-order valence-corrected chi connectivity index (χ3v) is 7.68. The summed E-state index contributed by atoms with van der Waals surface area (Å²) in [5.74, 6) is -1.30. The Morgan fingerprint density at radius 3 is 2.66 bits per heavy atom. The van der Waals surface area contributed by atoms with E-state index in [0.29, 0.717) is 0 Å². The number of nitrogens with zero attached hydrogens (tertiary/aromatic N) is 4. The van der Waals surface area contributed by atoms with Crippen molar-refractivity contribution in [3.8, 4) is 5.75 Å². The van der Waals surface area contributed by atoms with Crippen molar-refractivity contribution in [1.29, 1.82) is 0 Å². The van der Waals surface area contributed by atoms with E-state index >= 15 is 4.39 Å². The molecule has 38 heavy (non-hydrogen) atoms. The van der Waals surface area contributed by atoms with Crippen molar-refractivity contribution in [1.82, 2.24) is 24.6 Å². The normalized spacial score (nSPS) is 23.9. The number of alkyl halides is 1. The van der Waals surface area contributed by atoms with Crippen LogP contribution < -0.4 is 15.3 Å². The number of esters is 1. The van der Waals surface area contributed by atoms with E-state index in [1.807, 2.05) is 0 Å². The van der Waals surface area contributed by atoms with E-state index in [1.165, 1.54) is 24.1 Å². The van der Waals surface area contributed by atoms with Crippen LogP contribution in [0.5, 0.6) is 5.75 Å². The average Bonchev–Trinajstić information content (AvgIpc) is 3.37. The third-order valence-electron chi connectivity index (χ3n) is 6.03. The quantitative estimate of drug-likeness (QED) is 0.194. The summed E-state index contributed by atoms with van der Waals surface area (Å²) in [5, 5.41) is 13.3. The van der Waals surface area contributed by atoms with Crippen molar-refractivity contribution < 1.29 is 32.6 Å². The molecule has 6 atom stereocenters. The van der Waals surface area contributed by atoms with Gasteiger partial charge in [-0.1, -0.05) is 24.8 Å². The molecular formula is C24H30FN6O6P. The molecule has 3 unspecified atom stereocenters. The number of hydrogen-bond donors (Lipinski definition) is 3. The number of nitrogen functional groups attached to an aromatic ring is 1. The van der Waals surface area contributed by atoms with Crippen LogP contribution in [0.1, 0.15) is 26.8 Å². The fraction of sp³-hybridized carbons (Fsp3) is 0.417. The Morgan fingerprint density at radius 2 is 1.97 bits per heavy atom. The molecule has 3 aromatic rings. The lowest BCUT2D eigenvalue weighted by Gasteiger charge is -2.25. The maximum absolute atomic E-state index is 15.4. The Morgan fingerprint density at radius 1 is 1.26 bits per heavy atom. The van der Waals surface area contributed by atoms with Crippen molar-refractivity contribution in [2.45, 2.75) is 51.2 Å². The van der Waals surface area contributed by atoms with Crippen molar-refractivity contribution in [3.05, 3.63) is 55.1 Å². The number of nitrogens with two attached hydrogens (primary N) is 1. The molecule has 0 amide bonds. The minimum absolute atomic E-state index is 0.128. The van der Waals surface area contributed by atoms with Gasteiger partial charge in [-0.15, -0.1) is 0 Å². The SMILES string of the molecule is C=C1[C@@H](n2cnc3c(N)ncnc32)C(F)C(O)[C@H]1COP(=O)(N[C@@H](C)C(=O)OC(C)C)Oc1ccccc1. The highest BCUT2D eigenvalue weighted by Crippen LogP contribution is 2.49. The van der Waals surface area contributed by atoms with Crippen LogP contribution in [0, 0.1) is 5.92 Å². The van der Waals surface area contributed by atoms with Gasteiger partial charge in [-0.3, -0.25) is 9.32 Å². The summed E-state index contributed by atoms with van der Waals surface area (Å²) in [7, 11) is -4.23. The second-order valence-corrected chi connectivity index (χ2v) is 10.9. The Labute approximate surface area is 218 Å². The Hall–Kier alpha value is -3.38. The smallest absolute Gasteiger partial charge is 0.459 e. The van der Waals surface area contributed by atoms with Crippen molar-refractivity contribution in [2.75, 3.05) is 12.3 Å². The molecule has 1 aromatic carbocycles. The third kappa shape index (κ3) is 5.70. The second-order valence-electron chi connectivity index (χ2n) is 9.18. The van der Waals surface area contributed by atoms with Crippen LogP contribution in [0.15, 0.2) is 55.1 Å². The molecule has 2 aromatic heterocycles. The van der Waals surface area contributed by atoms with Crippen LogP contribution in [-0.4, -0.2) is 61.6 Å². The number of para-hydroxylation sites is 1. The predicted molar refractivity (Wildman–Crippen MR) is 137 cm³/mol. The van der Waals surface area contributed by atoms with Gasteiger partial charge in [0.1, 0.15) is 23.6 Å².